The molecule has 210 valence electrons. The summed E-state index contributed by atoms with van der Waals surface area (Å²) >= 11 is 0. The fourth-order valence-corrected chi connectivity index (χ4v) is 3.49. The third-order valence-corrected chi connectivity index (χ3v) is 5.34. The lowest BCUT2D eigenvalue weighted by Crippen LogP contribution is -2.45. The average Bonchev–Trinajstić information content (AvgIpc) is 2.78. The Bertz CT molecular complexity index is 600. The van der Waals surface area contributed by atoms with Gasteiger partial charge in [0.2, 0.25) is 12.2 Å². The Balaban J connectivity index is 0. The van der Waals surface area contributed by atoms with E-state index in [4.69, 9.17) is 15.3 Å². The van der Waals surface area contributed by atoms with E-state index < -0.39 is 42.1 Å². The number of esters is 2. The lowest BCUT2D eigenvalue weighted by Gasteiger charge is -2.19. The van der Waals surface area contributed by atoms with Crippen LogP contribution in [0, 0.1) is 0 Å². The second-order valence-electron chi connectivity index (χ2n) is 8.83. The van der Waals surface area contributed by atoms with Crippen molar-refractivity contribution in [3.05, 3.63) is 0 Å². The van der Waals surface area contributed by atoms with Crippen LogP contribution in [0.25, 0.3) is 0 Å². The van der Waals surface area contributed by atoms with Crippen molar-refractivity contribution >= 4 is 29.8 Å². The number of rotatable bonds is 21. The molecule has 0 fully saturated rings. The molecule has 0 saturated carbocycles. The Morgan fingerprint density at radius 1 is 0.528 bits per heavy atom. The Morgan fingerprint density at radius 3 is 1.03 bits per heavy atom. The van der Waals surface area contributed by atoms with Gasteiger partial charge in [-0.25, -0.2) is 9.59 Å². The molecular weight excluding hydrogens is 472 g/mol. The fourth-order valence-electron chi connectivity index (χ4n) is 3.49. The molecule has 0 heterocycles. The maximum Gasteiger partial charge on any atom is 0.349 e. The molecule has 0 spiro atoms. The molecule has 0 aromatic heterocycles. The van der Waals surface area contributed by atoms with Crippen LogP contribution in [-0.2, 0) is 33.4 Å². The minimum atomic E-state index is -2.07. The van der Waals surface area contributed by atoms with Crippen LogP contribution >= 0.6 is 0 Å². The van der Waals surface area contributed by atoms with E-state index in [1.165, 1.54) is 83.5 Å². The van der Waals surface area contributed by atoms with E-state index in [0.29, 0.717) is 6.42 Å². The maximum absolute atomic E-state index is 10.6. The molecule has 10 nitrogen and oxygen atoms in total. The standard InChI is InChI=1S/C18H36O2.C8H10O8/c1-2-3-4-5-6-7-8-9-10-11-12-13-14-15-16-17-18(19)20;1-3(9)15-5(7(11)12)6(8(13)14)16-4(2)10/h2-17H2,1H3,(H,19,20);5-6H,1-2H3,(H,11,12)(H,13,14). The van der Waals surface area contributed by atoms with Gasteiger partial charge < -0.3 is 24.8 Å². The van der Waals surface area contributed by atoms with Crippen LogP contribution in [0.15, 0.2) is 0 Å². The molecule has 0 aromatic carbocycles. The molecular formula is C26H46O10. The summed E-state index contributed by atoms with van der Waals surface area (Å²) in [5, 5.41) is 25.8. The zero-order valence-corrected chi connectivity index (χ0v) is 22.2. The normalized spacial score (nSPS) is 12.0. The number of carboxylic acids is 3. The van der Waals surface area contributed by atoms with Gasteiger partial charge in [-0.15, -0.1) is 0 Å². The highest BCUT2D eigenvalue weighted by atomic mass is 16.6. The van der Waals surface area contributed by atoms with Crippen molar-refractivity contribution in [1.29, 1.82) is 0 Å². The zero-order valence-electron chi connectivity index (χ0n) is 22.2. The molecule has 2 unspecified atom stereocenters. The topological polar surface area (TPSA) is 164 Å². The van der Waals surface area contributed by atoms with Gasteiger partial charge in [0.1, 0.15) is 0 Å². The molecule has 0 amide bonds. The summed E-state index contributed by atoms with van der Waals surface area (Å²) in [6, 6.07) is 0. The molecule has 36 heavy (non-hydrogen) atoms. The van der Waals surface area contributed by atoms with Gasteiger partial charge >= 0.3 is 29.8 Å². The molecule has 0 aliphatic heterocycles. The van der Waals surface area contributed by atoms with Crippen molar-refractivity contribution in [2.45, 2.75) is 136 Å². The summed E-state index contributed by atoms with van der Waals surface area (Å²) < 4.78 is 8.48. The SMILES string of the molecule is CC(=O)OC(C(=O)O)C(OC(C)=O)C(=O)O.CCCCCCCCCCCCCCCCCC(=O)O. The lowest BCUT2D eigenvalue weighted by molar-refractivity contribution is -0.185. The number of ether oxygens (including phenoxy) is 2. The zero-order chi connectivity index (χ0) is 27.8. The summed E-state index contributed by atoms with van der Waals surface area (Å²) in [4.78, 5) is 52.7. The summed E-state index contributed by atoms with van der Waals surface area (Å²) in [6.07, 6.45) is 16.1. The van der Waals surface area contributed by atoms with E-state index in [1.807, 2.05) is 0 Å². The Kier molecular flexibility index (Phi) is 23.7. The van der Waals surface area contributed by atoms with Gasteiger partial charge in [-0.2, -0.15) is 0 Å². The number of carbonyl (C=O) groups is 5. The van der Waals surface area contributed by atoms with Crippen molar-refractivity contribution in [3.63, 3.8) is 0 Å². The third kappa shape index (κ3) is 24.5. The van der Waals surface area contributed by atoms with Gasteiger partial charge in [-0.3, -0.25) is 14.4 Å². The molecule has 0 aliphatic rings. The third-order valence-electron chi connectivity index (χ3n) is 5.34. The molecule has 0 aromatic rings. The van der Waals surface area contributed by atoms with Gasteiger partial charge in [-0.1, -0.05) is 96.8 Å². The second-order valence-corrected chi connectivity index (χ2v) is 8.83. The monoisotopic (exact) mass is 518 g/mol. The first-order valence-corrected chi connectivity index (χ1v) is 13.0. The van der Waals surface area contributed by atoms with Crippen molar-refractivity contribution in [2.24, 2.45) is 0 Å². The predicted octanol–water partition coefficient (Wildman–Crippen LogP) is 5.35. The van der Waals surface area contributed by atoms with E-state index in [9.17, 15) is 24.0 Å². The fraction of sp³-hybridized carbons (Fsp3) is 0.808. The van der Waals surface area contributed by atoms with Crippen LogP contribution in [0.1, 0.15) is 124 Å². The minimum Gasteiger partial charge on any atom is -0.481 e. The Morgan fingerprint density at radius 2 is 0.806 bits per heavy atom. The first kappa shape index (κ1) is 35.5. The molecule has 3 N–H and O–H groups in total. The van der Waals surface area contributed by atoms with Crippen molar-refractivity contribution in [3.8, 4) is 0 Å². The Labute approximate surface area is 214 Å². The number of hydrogen-bond acceptors (Lipinski definition) is 7. The number of hydrogen-bond donors (Lipinski definition) is 3. The van der Waals surface area contributed by atoms with Crippen LogP contribution in [-0.4, -0.2) is 57.4 Å². The van der Waals surface area contributed by atoms with Crippen LogP contribution in [0.5, 0.6) is 0 Å². The van der Waals surface area contributed by atoms with E-state index in [2.05, 4.69) is 16.4 Å². The molecule has 2 atom stereocenters. The number of unbranched alkanes of at least 4 members (excludes halogenated alkanes) is 14. The predicted molar refractivity (Wildman–Crippen MR) is 134 cm³/mol. The first-order chi connectivity index (χ1) is 17.0. The van der Waals surface area contributed by atoms with E-state index >= 15 is 0 Å². The molecule has 0 radical (unpaired) electrons. The summed E-state index contributed by atoms with van der Waals surface area (Å²) in [6.45, 7) is 4.08. The smallest absolute Gasteiger partial charge is 0.349 e. The van der Waals surface area contributed by atoms with Gasteiger partial charge in [0.25, 0.3) is 0 Å². The summed E-state index contributed by atoms with van der Waals surface area (Å²) in [5.41, 5.74) is 0. The van der Waals surface area contributed by atoms with Crippen molar-refractivity contribution < 1.29 is 48.8 Å². The first-order valence-electron chi connectivity index (χ1n) is 13.0. The van der Waals surface area contributed by atoms with Crippen LogP contribution in [0.4, 0.5) is 0 Å². The highest BCUT2D eigenvalue weighted by Crippen LogP contribution is 2.13. The Hall–Kier alpha value is -2.65. The van der Waals surface area contributed by atoms with Crippen LogP contribution < -0.4 is 0 Å². The van der Waals surface area contributed by atoms with Crippen LogP contribution in [0.3, 0.4) is 0 Å². The highest BCUT2D eigenvalue weighted by molar-refractivity contribution is 5.87. The summed E-state index contributed by atoms with van der Waals surface area (Å²) in [7, 11) is 0. The number of aliphatic carboxylic acids is 3. The molecule has 0 bridgehead atoms. The van der Waals surface area contributed by atoms with Crippen molar-refractivity contribution in [2.75, 3.05) is 0 Å². The number of carbonyl (C=O) groups excluding carboxylic acids is 2. The second kappa shape index (κ2) is 24.1. The van der Waals surface area contributed by atoms with E-state index in [-0.39, 0.29) is 0 Å². The molecule has 0 rings (SSSR count). The van der Waals surface area contributed by atoms with Crippen molar-refractivity contribution in [1.82, 2.24) is 0 Å². The quantitative estimate of drug-likeness (QED) is 0.133. The molecule has 0 saturated heterocycles. The van der Waals surface area contributed by atoms with Gasteiger partial charge in [0, 0.05) is 20.3 Å². The van der Waals surface area contributed by atoms with Crippen LogP contribution in [0.2, 0.25) is 0 Å². The average molecular weight is 519 g/mol. The molecule has 0 aliphatic carbocycles. The summed E-state index contributed by atoms with van der Waals surface area (Å²) in [5.74, 6) is -6.08. The van der Waals surface area contributed by atoms with E-state index in [0.717, 1.165) is 26.7 Å². The van der Waals surface area contributed by atoms with Gasteiger partial charge in [-0.05, 0) is 6.42 Å². The van der Waals surface area contributed by atoms with Gasteiger partial charge in [0.15, 0.2) is 0 Å². The largest absolute Gasteiger partial charge is 0.481 e. The van der Waals surface area contributed by atoms with E-state index in [1.54, 1.807) is 0 Å². The number of carboxylic acid groups (broad SMARTS) is 3. The van der Waals surface area contributed by atoms with Gasteiger partial charge in [0.05, 0.1) is 0 Å². The molecule has 10 heteroatoms. The maximum atomic E-state index is 10.6. The lowest BCUT2D eigenvalue weighted by atomic mass is 10.0. The highest BCUT2D eigenvalue weighted by Gasteiger charge is 2.39. The minimum absolute atomic E-state index is 0.345.